The van der Waals surface area contributed by atoms with Gasteiger partial charge in [-0.1, -0.05) is 20.3 Å². The van der Waals surface area contributed by atoms with Crippen LogP contribution >= 0.6 is 0 Å². The largest absolute Gasteiger partial charge is 0.493 e. The van der Waals surface area contributed by atoms with Gasteiger partial charge >= 0.3 is 5.97 Å². The molecule has 1 amide bonds. The lowest BCUT2D eigenvalue weighted by molar-refractivity contribution is -0.144. The Labute approximate surface area is 142 Å². The Bertz CT molecular complexity index is 587. The van der Waals surface area contributed by atoms with Gasteiger partial charge < -0.3 is 24.3 Å². The number of amides is 1. The molecule has 0 heterocycles. The molecule has 1 aromatic carbocycles. The highest BCUT2D eigenvalue weighted by Crippen LogP contribution is 2.39. The lowest BCUT2D eigenvalue weighted by Crippen LogP contribution is -2.45. The van der Waals surface area contributed by atoms with E-state index < -0.39 is 17.9 Å². The molecule has 134 valence electrons. The van der Waals surface area contributed by atoms with Crippen LogP contribution in [0.25, 0.3) is 0 Å². The van der Waals surface area contributed by atoms with E-state index in [0.717, 1.165) is 0 Å². The third-order valence-electron chi connectivity index (χ3n) is 3.90. The van der Waals surface area contributed by atoms with Crippen LogP contribution in [-0.2, 0) is 9.53 Å². The van der Waals surface area contributed by atoms with E-state index in [-0.39, 0.29) is 17.2 Å². The van der Waals surface area contributed by atoms with Crippen molar-refractivity contribution in [3.63, 3.8) is 0 Å². The van der Waals surface area contributed by atoms with Gasteiger partial charge in [-0.2, -0.15) is 0 Å². The molecule has 0 spiro atoms. The van der Waals surface area contributed by atoms with E-state index in [1.807, 2.05) is 13.8 Å². The number of carbonyl (C=O) groups excluding carboxylic acids is 2. The van der Waals surface area contributed by atoms with Crippen LogP contribution in [0.1, 0.15) is 30.6 Å². The van der Waals surface area contributed by atoms with E-state index in [1.54, 1.807) is 12.1 Å². The minimum atomic E-state index is -0.745. The molecule has 0 saturated carbocycles. The van der Waals surface area contributed by atoms with Crippen molar-refractivity contribution in [3.05, 3.63) is 17.7 Å². The summed E-state index contributed by atoms with van der Waals surface area (Å²) in [4.78, 5) is 24.6. The van der Waals surface area contributed by atoms with E-state index in [0.29, 0.717) is 17.9 Å². The summed E-state index contributed by atoms with van der Waals surface area (Å²) in [7, 11) is 5.67. The second kappa shape index (κ2) is 9.00. The average Bonchev–Trinajstić information content (AvgIpc) is 2.62. The molecule has 0 radical (unpaired) electrons. The number of ether oxygens (including phenoxy) is 4. The molecule has 0 aliphatic carbocycles. The maximum atomic E-state index is 12.6. The quantitative estimate of drug-likeness (QED) is 0.730. The van der Waals surface area contributed by atoms with Crippen molar-refractivity contribution in [2.75, 3.05) is 28.4 Å². The lowest BCUT2D eigenvalue weighted by atomic mass is 9.98. The first kappa shape index (κ1) is 19.6. The van der Waals surface area contributed by atoms with E-state index in [9.17, 15) is 9.59 Å². The van der Waals surface area contributed by atoms with Crippen LogP contribution in [0.2, 0.25) is 0 Å². The van der Waals surface area contributed by atoms with Crippen LogP contribution in [0.15, 0.2) is 12.1 Å². The maximum Gasteiger partial charge on any atom is 0.328 e. The van der Waals surface area contributed by atoms with Gasteiger partial charge in [-0.05, 0) is 18.1 Å². The van der Waals surface area contributed by atoms with Gasteiger partial charge in [-0.25, -0.2) is 4.79 Å². The third-order valence-corrected chi connectivity index (χ3v) is 3.90. The standard InChI is InChI=1S/C17H25NO6/c1-7-10(2)13(17(20)24-6)18-16(19)11-8-9-12(21-3)15(23-5)14(11)22-4/h8-10,13H,7H2,1-6H3,(H,18,19)/t10-,13-/m1/s1. The molecule has 0 aliphatic heterocycles. The number of methoxy groups -OCH3 is 4. The van der Waals surface area contributed by atoms with Crippen molar-refractivity contribution >= 4 is 11.9 Å². The summed E-state index contributed by atoms with van der Waals surface area (Å²) in [6.45, 7) is 3.80. The normalized spacial score (nSPS) is 12.8. The first-order chi connectivity index (χ1) is 11.4. The SMILES string of the molecule is CC[C@@H](C)[C@@H](NC(=O)c1ccc(OC)c(OC)c1OC)C(=O)OC. The molecular formula is C17H25NO6. The average molecular weight is 339 g/mol. The van der Waals surface area contributed by atoms with Crippen molar-refractivity contribution in [3.8, 4) is 17.2 Å². The minimum Gasteiger partial charge on any atom is -0.493 e. The van der Waals surface area contributed by atoms with Crippen molar-refractivity contribution in [1.82, 2.24) is 5.32 Å². The van der Waals surface area contributed by atoms with Crippen molar-refractivity contribution in [2.24, 2.45) is 5.92 Å². The Morgan fingerprint density at radius 3 is 2.12 bits per heavy atom. The van der Waals surface area contributed by atoms with Gasteiger partial charge in [0.15, 0.2) is 11.5 Å². The zero-order valence-electron chi connectivity index (χ0n) is 15.0. The Morgan fingerprint density at radius 2 is 1.67 bits per heavy atom. The van der Waals surface area contributed by atoms with Gasteiger partial charge in [-0.3, -0.25) is 4.79 Å². The summed E-state index contributed by atoms with van der Waals surface area (Å²) < 4.78 is 20.5. The van der Waals surface area contributed by atoms with E-state index >= 15 is 0 Å². The molecule has 7 nitrogen and oxygen atoms in total. The Hall–Kier alpha value is -2.44. The molecule has 1 N–H and O–H groups in total. The van der Waals surface area contributed by atoms with Gasteiger partial charge in [-0.15, -0.1) is 0 Å². The van der Waals surface area contributed by atoms with Gasteiger partial charge in [0.05, 0.1) is 34.0 Å². The second-order valence-electron chi connectivity index (χ2n) is 5.24. The van der Waals surface area contributed by atoms with E-state index in [1.165, 1.54) is 28.4 Å². The van der Waals surface area contributed by atoms with Gasteiger partial charge in [0.2, 0.25) is 5.75 Å². The lowest BCUT2D eigenvalue weighted by Gasteiger charge is -2.23. The summed E-state index contributed by atoms with van der Waals surface area (Å²) in [5.41, 5.74) is 0.243. The predicted molar refractivity (Wildman–Crippen MR) is 88.8 cm³/mol. The van der Waals surface area contributed by atoms with Crippen LogP contribution in [0.5, 0.6) is 17.2 Å². The molecule has 2 atom stereocenters. The zero-order chi connectivity index (χ0) is 18.3. The number of hydrogen-bond acceptors (Lipinski definition) is 6. The molecular weight excluding hydrogens is 314 g/mol. The third kappa shape index (κ3) is 4.10. The van der Waals surface area contributed by atoms with Crippen molar-refractivity contribution < 1.29 is 28.5 Å². The highest BCUT2D eigenvalue weighted by Gasteiger charge is 2.29. The first-order valence-corrected chi connectivity index (χ1v) is 7.62. The first-order valence-electron chi connectivity index (χ1n) is 7.62. The summed E-state index contributed by atoms with van der Waals surface area (Å²) in [5.74, 6) is -0.0292. The Balaban J connectivity index is 3.20. The summed E-state index contributed by atoms with van der Waals surface area (Å²) in [6, 6.07) is 2.41. The van der Waals surface area contributed by atoms with Crippen LogP contribution < -0.4 is 19.5 Å². The summed E-state index contributed by atoms with van der Waals surface area (Å²) in [5, 5.41) is 2.71. The molecule has 0 unspecified atom stereocenters. The smallest absolute Gasteiger partial charge is 0.328 e. The molecule has 1 rings (SSSR count). The fourth-order valence-corrected chi connectivity index (χ4v) is 2.30. The molecule has 7 heteroatoms. The summed E-state index contributed by atoms with van der Waals surface area (Å²) in [6.07, 6.45) is 0.711. The van der Waals surface area contributed by atoms with E-state index in [4.69, 9.17) is 18.9 Å². The molecule has 0 bridgehead atoms. The molecule has 24 heavy (non-hydrogen) atoms. The van der Waals surface area contributed by atoms with Crippen LogP contribution in [-0.4, -0.2) is 46.4 Å². The van der Waals surface area contributed by atoms with Gasteiger partial charge in [0, 0.05) is 0 Å². The molecule has 0 aliphatic rings. The minimum absolute atomic E-state index is 0.0764. The highest BCUT2D eigenvalue weighted by atomic mass is 16.5. The van der Waals surface area contributed by atoms with E-state index in [2.05, 4.69) is 5.32 Å². The fraction of sp³-hybridized carbons (Fsp3) is 0.529. The van der Waals surface area contributed by atoms with Gasteiger partial charge in [0.25, 0.3) is 5.91 Å². The van der Waals surface area contributed by atoms with Crippen LogP contribution in [0, 0.1) is 5.92 Å². The van der Waals surface area contributed by atoms with Gasteiger partial charge in [0.1, 0.15) is 6.04 Å². The van der Waals surface area contributed by atoms with Crippen molar-refractivity contribution in [2.45, 2.75) is 26.3 Å². The molecule has 0 fully saturated rings. The highest BCUT2D eigenvalue weighted by molar-refractivity contribution is 6.00. The number of carbonyl (C=O) groups is 2. The fourth-order valence-electron chi connectivity index (χ4n) is 2.30. The number of hydrogen-bond donors (Lipinski definition) is 1. The number of esters is 1. The Kier molecular flexibility index (Phi) is 7.35. The second-order valence-corrected chi connectivity index (χ2v) is 5.24. The number of rotatable bonds is 8. The summed E-state index contributed by atoms with van der Waals surface area (Å²) >= 11 is 0. The van der Waals surface area contributed by atoms with Crippen molar-refractivity contribution in [1.29, 1.82) is 0 Å². The maximum absolute atomic E-state index is 12.6. The monoisotopic (exact) mass is 339 g/mol. The Morgan fingerprint density at radius 1 is 1.04 bits per heavy atom. The number of nitrogens with one attached hydrogen (secondary N) is 1. The molecule has 1 aromatic rings. The topological polar surface area (TPSA) is 83.1 Å². The van der Waals surface area contributed by atoms with Crippen LogP contribution in [0.3, 0.4) is 0 Å². The number of benzene rings is 1. The molecule has 0 aromatic heterocycles. The predicted octanol–water partition coefficient (Wildman–Crippen LogP) is 2.03. The zero-order valence-corrected chi connectivity index (χ0v) is 15.0. The molecule has 0 saturated heterocycles. The van der Waals surface area contributed by atoms with Crippen LogP contribution in [0.4, 0.5) is 0 Å².